The Hall–Kier alpha value is -0.675. The van der Waals surface area contributed by atoms with Crippen molar-refractivity contribution in [1.82, 2.24) is 0 Å². The van der Waals surface area contributed by atoms with E-state index in [2.05, 4.69) is 0 Å². The molecule has 0 rings (SSSR count). The Bertz CT molecular complexity index is 120. The Morgan fingerprint density at radius 2 is 0.500 bits per heavy atom. The molecule has 14 N–H and O–H groups in total. The molecule has 0 atom stereocenters. The van der Waals surface area contributed by atoms with Gasteiger partial charge < -0.3 is 68.0 Å². The van der Waals surface area contributed by atoms with Crippen molar-refractivity contribution in [3.8, 4) is 0 Å². The molecular weight excluding hydrogens is 419 g/mol. The van der Waals surface area contributed by atoms with Gasteiger partial charge in [-0.3, -0.25) is 0 Å². The zero-order valence-electron chi connectivity index (χ0n) is 11.0. The fourth-order valence-electron chi connectivity index (χ4n) is 0. The topological polar surface area (TPSA) is 341 Å². The summed E-state index contributed by atoms with van der Waals surface area (Å²) in [6.07, 6.45) is 0. The van der Waals surface area contributed by atoms with Gasteiger partial charge in [0.25, 0.3) is 0 Å². The third-order valence-corrected chi connectivity index (χ3v) is 0. The van der Waals surface area contributed by atoms with Crippen LogP contribution in [0.1, 0.15) is 20.8 Å². The van der Waals surface area contributed by atoms with E-state index in [-0.39, 0.29) is 73.9 Å². The molecule has 0 amide bonds. The molecule has 0 aromatic carbocycles. The van der Waals surface area contributed by atoms with E-state index in [4.69, 9.17) is 29.7 Å². The first-order chi connectivity index (χ1) is 5.20. The Morgan fingerprint density at radius 1 is 0.500 bits per heavy atom. The summed E-state index contributed by atoms with van der Waals surface area (Å²) in [5, 5.41) is 26.7. The Balaban J connectivity index is -0.00000000562. The predicted octanol–water partition coefficient (Wildman–Crippen LogP) is -9.50. The summed E-state index contributed by atoms with van der Waals surface area (Å²) in [7, 11) is 0. The second-order valence-electron chi connectivity index (χ2n) is 1.47. The van der Waals surface area contributed by atoms with Crippen LogP contribution in [0.3, 0.4) is 0 Å². The average Bonchev–Trinajstić information content (AvgIpc) is 1.54. The molecule has 0 aromatic heterocycles. The van der Waals surface area contributed by atoms with Gasteiger partial charge in [0.2, 0.25) is 0 Å². The fraction of sp³-hybridized carbons (Fsp3) is 0.500. The van der Waals surface area contributed by atoms with Crippen molar-refractivity contribution < 1.29 is 104 Å². The van der Waals surface area contributed by atoms with Gasteiger partial charge in [-0.2, -0.15) is 0 Å². The van der Waals surface area contributed by atoms with Crippen molar-refractivity contribution in [3.05, 3.63) is 0 Å². The predicted molar refractivity (Wildman–Crippen MR) is 57.3 cm³/mol. The maximum Gasteiger partial charge on any atom is 3.00 e. The van der Waals surface area contributed by atoms with Gasteiger partial charge in [-0.15, -0.1) is 0 Å². The van der Waals surface area contributed by atoms with Crippen molar-refractivity contribution in [3.63, 3.8) is 0 Å². The van der Waals surface area contributed by atoms with E-state index in [1.165, 1.54) is 0 Å². The number of hydrogen-bond acceptors (Lipinski definition) is 6. The number of carboxylic acid groups (broad SMARTS) is 3. The number of carbonyl (C=O) groups excluding carboxylic acids is 3. The van der Waals surface area contributed by atoms with Gasteiger partial charge in [0.1, 0.15) is 0 Å². The molecule has 14 heteroatoms. The SMILES string of the molecule is CC(=O)[O-].CC(=O)[O-].CC(=O)[O-].O.O.O.O.O.O.O.[La+3]. The molecule has 20 heavy (non-hydrogen) atoms. The molecule has 0 spiro atoms. The van der Waals surface area contributed by atoms with Crippen LogP contribution in [0, 0.1) is 35.6 Å². The van der Waals surface area contributed by atoms with Crippen LogP contribution < -0.4 is 15.3 Å². The van der Waals surface area contributed by atoms with Crippen LogP contribution in [0.25, 0.3) is 0 Å². The molecule has 13 nitrogen and oxygen atoms in total. The molecule has 128 valence electrons. The van der Waals surface area contributed by atoms with E-state index in [9.17, 15) is 0 Å². The van der Waals surface area contributed by atoms with Crippen LogP contribution in [-0.2, 0) is 14.4 Å². The normalized spacial score (nSPS) is 3.75. The third-order valence-electron chi connectivity index (χ3n) is 0. The summed E-state index contributed by atoms with van der Waals surface area (Å²) in [5.41, 5.74) is 0. The Kier molecular flexibility index (Phi) is 372. The molecule has 0 fully saturated rings. The Morgan fingerprint density at radius 3 is 0.500 bits per heavy atom. The molecule has 0 saturated carbocycles. The smallest absolute Gasteiger partial charge is 0.550 e. The number of carbonyl (C=O) groups is 3. The van der Waals surface area contributed by atoms with Crippen LogP contribution >= 0.6 is 0 Å². The molecule has 0 aromatic rings. The summed E-state index contributed by atoms with van der Waals surface area (Å²) in [6.45, 7) is 2.92. The minimum atomic E-state index is -1.08. The number of rotatable bonds is 0. The van der Waals surface area contributed by atoms with Gasteiger partial charge in [-0.25, -0.2) is 0 Å². The average molecular weight is 442 g/mol. The zero-order chi connectivity index (χ0) is 10.7. The summed E-state index contributed by atoms with van der Waals surface area (Å²) in [4.78, 5) is 26.7. The third kappa shape index (κ3) is 10100. The maximum absolute atomic E-state index is 8.89. The van der Waals surface area contributed by atoms with E-state index in [1.54, 1.807) is 0 Å². The van der Waals surface area contributed by atoms with Gasteiger partial charge in [0.05, 0.1) is 0 Å². The van der Waals surface area contributed by atoms with E-state index < -0.39 is 17.9 Å². The monoisotopic (exact) mass is 442 g/mol. The second-order valence-corrected chi connectivity index (χ2v) is 1.47. The van der Waals surface area contributed by atoms with Crippen molar-refractivity contribution >= 4 is 17.9 Å². The maximum atomic E-state index is 8.89. The van der Waals surface area contributed by atoms with Crippen LogP contribution in [-0.4, -0.2) is 56.2 Å². The number of carboxylic acids is 3. The van der Waals surface area contributed by atoms with Crippen LogP contribution in [0.4, 0.5) is 0 Å². The van der Waals surface area contributed by atoms with Gasteiger partial charge in [0.15, 0.2) is 0 Å². The summed E-state index contributed by atoms with van der Waals surface area (Å²) < 4.78 is 0. The molecule has 0 radical (unpaired) electrons. The number of aliphatic carboxylic acids is 3. The van der Waals surface area contributed by atoms with Crippen molar-refractivity contribution in [2.24, 2.45) is 0 Å². The van der Waals surface area contributed by atoms with E-state index >= 15 is 0 Å². The first kappa shape index (κ1) is 93.6. The van der Waals surface area contributed by atoms with Crippen LogP contribution in [0.2, 0.25) is 0 Å². The minimum Gasteiger partial charge on any atom is -0.550 e. The second kappa shape index (κ2) is 79.4. The molecule has 0 saturated heterocycles. The van der Waals surface area contributed by atoms with Crippen LogP contribution in [0.15, 0.2) is 0 Å². The molecule has 0 bridgehead atoms. The Labute approximate surface area is 142 Å². The standard InChI is InChI=1S/3C2H4O2.La.7H2O/c3*1-2(3)4;;;;;;;;/h3*1H3,(H,3,4);;7*1H2/q;;;+3;;;;;;;/p-3. The van der Waals surface area contributed by atoms with Gasteiger partial charge in [0, 0.05) is 17.9 Å². The van der Waals surface area contributed by atoms with Gasteiger partial charge in [-0.05, 0) is 20.8 Å². The van der Waals surface area contributed by atoms with Crippen molar-refractivity contribution in [2.75, 3.05) is 0 Å². The minimum absolute atomic E-state index is 0. The fourth-order valence-corrected chi connectivity index (χ4v) is 0. The summed E-state index contributed by atoms with van der Waals surface area (Å²) in [5.74, 6) is -3.25. The largest absolute Gasteiger partial charge is 3.00 e. The summed E-state index contributed by atoms with van der Waals surface area (Å²) >= 11 is 0. The quantitative estimate of drug-likeness (QED) is 0.350. The molecule has 0 aliphatic rings. The molecule has 0 aliphatic heterocycles. The van der Waals surface area contributed by atoms with Gasteiger partial charge >= 0.3 is 35.6 Å². The zero-order valence-corrected chi connectivity index (χ0v) is 14.7. The molecular formula is C6H23LaO13. The first-order valence-electron chi connectivity index (χ1n) is 2.72. The van der Waals surface area contributed by atoms with Crippen molar-refractivity contribution in [1.29, 1.82) is 0 Å². The van der Waals surface area contributed by atoms with E-state index in [0.29, 0.717) is 0 Å². The molecule has 0 aliphatic carbocycles. The van der Waals surface area contributed by atoms with Crippen molar-refractivity contribution in [2.45, 2.75) is 20.8 Å². The summed E-state index contributed by atoms with van der Waals surface area (Å²) in [6, 6.07) is 0. The molecule has 0 unspecified atom stereocenters. The van der Waals surface area contributed by atoms with Crippen LogP contribution in [0.5, 0.6) is 0 Å². The first-order valence-corrected chi connectivity index (χ1v) is 2.72. The van der Waals surface area contributed by atoms with E-state index in [1.807, 2.05) is 0 Å². The van der Waals surface area contributed by atoms with Gasteiger partial charge in [-0.1, -0.05) is 0 Å². The molecule has 0 heterocycles. The van der Waals surface area contributed by atoms with E-state index in [0.717, 1.165) is 20.8 Å². The number of hydrogen-bond donors (Lipinski definition) is 0.